The Morgan fingerprint density at radius 2 is 2.15 bits per heavy atom. The van der Waals surface area contributed by atoms with Gasteiger partial charge < -0.3 is 20.1 Å². The monoisotopic (exact) mass is 353 g/mol. The summed E-state index contributed by atoms with van der Waals surface area (Å²) in [6.45, 7) is 0.815. The number of aromatic amines is 1. The van der Waals surface area contributed by atoms with Crippen molar-refractivity contribution >= 4 is 16.6 Å². The number of rotatable bonds is 4. The van der Waals surface area contributed by atoms with Crippen LogP contribution in [0.1, 0.15) is 12.1 Å². The molecular weight excluding hydrogens is 333 g/mol. The number of hydrogen-bond acceptors (Lipinski definition) is 4. The van der Waals surface area contributed by atoms with Gasteiger partial charge in [0.2, 0.25) is 0 Å². The van der Waals surface area contributed by atoms with Crippen molar-refractivity contribution in [3.63, 3.8) is 0 Å². The molecule has 0 saturated heterocycles. The van der Waals surface area contributed by atoms with Crippen molar-refractivity contribution in [1.29, 1.82) is 0 Å². The van der Waals surface area contributed by atoms with E-state index in [2.05, 4.69) is 21.4 Å². The number of H-pyrrole nitrogens is 1. The number of halogens is 1. The number of nitrogens with zero attached hydrogens (tertiary/aromatic N) is 1. The van der Waals surface area contributed by atoms with Crippen LogP contribution in [0.4, 0.5) is 4.39 Å². The Kier molecular flexibility index (Phi) is 4.44. The zero-order chi connectivity index (χ0) is 18.1. The predicted octanol–water partition coefficient (Wildman–Crippen LogP) is 3.12. The summed E-state index contributed by atoms with van der Waals surface area (Å²) in [5.41, 5.74) is 4.40. The van der Waals surface area contributed by atoms with E-state index in [1.165, 1.54) is 12.1 Å². The summed E-state index contributed by atoms with van der Waals surface area (Å²) in [5.74, 6) is 0.302. The van der Waals surface area contributed by atoms with Gasteiger partial charge in [0.05, 0.1) is 13.7 Å². The summed E-state index contributed by atoms with van der Waals surface area (Å²) >= 11 is 0. The van der Waals surface area contributed by atoms with Gasteiger partial charge in [-0.3, -0.25) is 0 Å². The Morgan fingerprint density at radius 3 is 2.96 bits per heavy atom. The lowest BCUT2D eigenvalue weighted by Gasteiger charge is -2.21. The Bertz CT molecular complexity index is 980. The molecule has 2 aromatic heterocycles. The smallest absolute Gasteiger partial charge is 0.138 e. The largest absolute Gasteiger partial charge is 0.496 e. The summed E-state index contributed by atoms with van der Waals surface area (Å²) in [4.78, 5) is 7.77. The molecule has 1 aromatic carbocycles. The highest BCUT2D eigenvalue weighted by Crippen LogP contribution is 2.36. The van der Waals surface area contributed by atoms with Crippen molar-refractivity contribution in [2.45, 2.75) is 12.5 Å². The molecule has 5 nitrogen and oxygen atoms in total. The van der Waals surface area contributed by atoms with Gasteiger partial charge in [0, 0.05) is 35.4 Å². The number of benzene rings is 1. The molecule has 26 heavy (non-hydrogen) atoms. The van der Waals surface area contributed by atoms with E-state index in [0.29, 0.717) is 17.9 Å². The lowest BCUT2D eigenvalue weighted by atomic mass is 9.98. The number of ether oxygens (including phenoxy) is 1. The standard InChI is InChI=1S/C20H20FN3O2/c1-26-19-3-2-13(21)9-16(19)15-5-7-23-20-17(15)10-18(24-20)12-4-6-22-14(8-12)11-25/h2-5,7,9-10,14,22,25H,6,8,11H2,1H3,(H,23,24). The van der Waals surface area contributed by atoms with Crippen molar-refractivity contribution in [2.75, 3.05) is 20.3 Å². The molecule has 0 radical (unpaired) electrons. The van der Waals surface area contributed by atoms with Crippen LogP contribution in [0.25, 0.3) is 27.7 Å². The molecule has 3 heterocycles. The summed E-state index contributed by atoms with van der Waals surface area (Å²) in [6, 6.07) is 8.45. The minimum Gasteiger partial charge on any atom is -0.496 e. The molecular formula is C20H20FN3O2. The van der Waals surface area contributed by atoms with Gasteiger partial charge in [-0.05, 0) is 47.9 Å². The number of aliphatic hydroxyl groups is 1. The number of pyridine rings is 1. The molecule has 1 aliphatic heterocycles. The molecule has 6 heteroatoms. The van der Waals surface area contributed by atoms with Gasteiger partial charge in [-0.15, -0.1) is 0 Å². The normalized spacial score (nSPS) is 17.3. The van der Waals surface area contributed by atoms with Crippen molar-refractivity contribution in [3.05, 3.63) is 54.1 Å². The van der Waals surface area contributed by atoms with E-state index in [9.17, 15) is 9.50 Å². The SMILES string of the molecule is COc1ccc(F)cc1-c1ccnc2[nH]c(C3=CCNC(CO)C3)cc12. The van der Waals surface area contributed by atoms with Gasteiger partial charge in [0.1, 0.15) is 17.2 Å². The van der Waals surface area contributed by atoms with Crippen LogP contribution in [0.2, 0.25) is 0 Å². The fraction of sp³-hybridized carbons (Fsp3) is 0.250. The van der Waals surface area contributed by atoms with E-state index in [-0.39, 0.29) is 18.5 Å². The van der Waals surface area contributed by atoms with Crippen molar-refractivity contribution < 1.29 is 14.2 Å². The Morgan fingerprint density at radius 1 is 1.27 bits per heavy atom. The molecule has 0 spiro atoms. The minimum absolute atomic E-state index is 0.0529. The molecule has 0 fully saturated rings. The molecule has 1 atom stereocenters. The third-order valence-electron chi connectivity index (χ3n) is 4.77. The summed E-state index contributed by atoms with van der Waals surface area (Å²) < 4.78 is 19.2. The molecule has 0 bridgehead atoms. The molecule has 134 valence electrons. The highest BCUT2D eigenvalue weighted by molar-refractivity contribution is 5.96. The minimum atomic E-state index is -0.312. The van der Waals surface area contributed by atoms with Crippen LogP contribution in [0.5, 0.6) is 5.75 Å². The maximum absolute atomic E-state index is 13.8. The van der Waals surface area contributed by atoms with Gasteiger partial charge in [-0.25, -0.2) is 9.37 Å². The Hall–Kier alpha value is -2.70. The number of aromatic nitrogens is 2. The first-order chi connectivity index (χ1) is 12.7. The highest BCUT2D eigenvalue weighted by Gasteiger charge is 2.18. The second kappa shape index (κ2) is 6.90. The summed E-state index contributed by atoms with van der Waals surface area (Å²) in [6.07, 6.45) is 4.55. The van der Waals surface area contributed by atoms with Crippen LogP contribution in [-0.4, -0.2) is 41.4 Å². The highest BCUT2D eigenvalue weighted by atomic mass is 19.1. The van der Waals surface area contributed by atoms with Crippen LogP contribution >= 0.6 is 0 Å². The molecule has 1 aliphatic rings. The molecule has 4 rings (SSSR count). The average molecular weight is 353 g/mol. The van der Waals surface area contributed by atoms with Gasteiger partial charge in [-0.2, -0.15) is 0 Å². The number of nitrogens with one attached hydrogen (secondary N) is 2. The number of fused-ring (bicyclic) bond motifs is 1. The van der Waals surface area contributed by atoms with Crippen molar-refractivity contribution in [1.82, 2.24) is 15.3 Å². The zero-order valence-corrected chi connectivity index (χ0v) is 14.4. The van der Waals surface area contributed by atoms with E-state index < -0.39 is 0 Å². The Balaban J connectivity index is 1.82. The van der Waals surface area contributed by atoms with Gasteiger partial charge in [-0.1, -0.05) is 6.08 Å². The number of hydrogen-bond donors (Lipinski definition) is 3. The average Bonchev–Trinajstić information content (AvgIpc) is 3.12. The first-order valence-electron chi connectivity index (χ1n) is 8.55. The maximum Gasteiger partial charge on any atom is 0.138 e. The second-order valence-electron chi connectivity index (χ2n) is 6.37. The van der Waals surface area contributed by atoms with Crippen LogP contribution in [0, 0.1) is 5.82 Å². The van der Waals surface area contributed by atoms with E-state index >= 15 is 0 Å². The van der Waals surface area contributed by atoms with Crippen LogP contribution < -0.4 is 10.1 Å². The number of methoxy groups -OCH3 is 1. The van der Waals surface area contributed by atoms with Crippen LogP contribution in [0.3, 0.4) is 0 Å². The van der Waals surface area contributed by atoms with Crippen LogP contribution in [-0.2, 0) is 0 Å². The fourth-order valence-corrected chi connectivity index (χ4v) is 3.44. The predicted molar refractivity (Wildman–Crippen MR) is 99.5 cm³/mol. The molecule has 3 aromatic rings. The van der Waals surface area contributed by atoms with Gasteiger partial charge in [0.15, 0.2) is 0 Å². The lowest BCUT2D eigenvalue weighted by molar-refractivity contribution is 0.245. The summed E-state index contributed by atoms with van der Waals surface area (Å²) in [7, 11) is 1.58. The first kappa shape index (κ1) is 16.8. The zero-order valence-electron chi connectivity index (χ0n) is 14.4. The number of aliphatic hydroxyl groups excluding tert-OH is 1. The van der Waals surface area contributed by atoms with E-state index in [0.717, 1.165) is 34.3 Å². The topological polar surface area (TPSA) is 70.2 Å². The third kappa shape index (κ3) is 2.98. The van der Waals surface area contributed by atoms with Crippen molar-refractivity contribution in [2.24, 2.45) is 0 Å². The molecule has 0 amide bonds. The molecule has 0 aliphatic carbocycles. The van der Waals surface area contributed by atoms with E-state index in [1.807, 2.05) is 12.1 Å². The van der Waals surface area contributed by atoms with E-state index in [1.54, 1.807) is 19.4 Å². The van der Waals surface area contributed by atoms with Crippen LogP contribution in [0.15, 0.2) is 42.6 Å². The lowest BCUT2D eigenvalue weighted by Crippen LogP contribution is -2.35. The van der Waals surface area contributed by atoms with Crippen molar-refractivity contribution in [3.8, 4) is 16.9 Å². The quantitative estimate of drug-likeness (QED) is 0.674. The molecule has 0 saturated carbocycles. The Labute approximate surface area is 150 Å². The molecule has 3 N–H and O–H groups in total. The maximum atomic E-state index is 13.8. The van der Waals surface area contributed by atoms with Gasteiger partial charge in [0.25, 0.3) is 0 Å². The van der Waals surface area contributed by atoms with E-state index in [4.69, 9.17) is 4.74 Å². The molecule has 1 unspecified atom stereocenters. The fourth-order valence-electron chi connectivity index (χ4n) is 3.44. The second-order valence-corrected chi connectivity index (χ2v) is 6.37. The van der Waals surface area contributed by atoms with Gasteiger partial charge >= 0.3 is 0 Å². The third-order valence-corrected chi connectivity index (χ3v) is 4.77. The first-order valence-corrected chi connectivity index (χ1v) is 8.55. The summed E-state index contributed by atoms with van der Waals surface area (Å²) in [5, 5.41) is 13.6.